The van der Waals surface area contributed by atoms with Crippen LogP contribution < -0.4 is 5.73 Å². The molecule has 0 amide bonds. The van der Waals surface area contributed by atoms with Crippen LogP contribution in [0.2, 0.25) is 0 Å². The first-order chi connectivity index (χ1) is 8.24. The summed E-state index contributed by atoms with van der Waals surface area (Å²) in [6.07, 6.45) is 1.76. The zero-order chi connectivity index (χ0) is 12.3. The van der Waals surface area contributed by atoms with E-state index in [0.717, 1.165) is 12.2 Å². The van der Waals surface area contributed by atoms with Gasteiger partial charge in [0.25, 0.3) is 0 Å². The highest BCUT2D eigenvalue weighted by atomic mass is 15.4. The molecule has 2 unspecified atom stereocenters. The monoisotopic (exact) mass is 230 g/mol. The summed E-state index contributed by atoms with van der Waals surface area (Å²) in [6.45, 7) is 4.97. The molecule has 1 heterocycles. The van der Waals surface area contributed by atoms with E-state index in [4.69, 9.17) is 5.73 Å². The van der Waals surface area contributed by atoms with E-state index in [1.165, 1.54) is 5.56 Å². The molecule has 2 atom stereocenters. The fraction of sp³-hybridized carbons (Fsp3) is 0.385. The Morgan fingerprint density at radius 3 is 2.65 bits per heavy atom. The molecule has 0 saturated carbocycles. The average Bonchev–Trinajstić information content (AvgIpc) is 2.86. The maximum Gasteiger partial charge on any atom is 0.0760 e. The number of aromatic nitrogens is 3. The molecule has 0 aliphatic rings. The van der Waals surface area contributed by atoms with Gasteiger partial charge in [0.2, 0.25) is 0 Å². The van der Waals surface area contributed by atoms with E-state index in [0.29, 0.717) is 0 Å². The minimum absolute atomic E-state index is 0.0765. The van der Waals surface area contributed by atoms with Crippen molar-refractivity contribution in [1.82, 2.24) is 15.0 Å². The first kappa shape index (κ1) is 11.8. The largest absolute Gasteiger partial charge is 0.322 e. The van der Waals surface area contributed by atoms with Gasteiger partial charge in [-0.05, 0) is 12.5 Å². The number of benzene rings is 1. The third-order valence-electron chi connectivity index (χ3n) is 3.15. The minimum Gasteiger partial charge on any atom is -0.322 e. The van der Waals surface area contributed by atoms with Gasteiger partial charge in [0.15, 0.2) is 0 Å². The molecule has 2 N–H and O–H groups in total. The third kappa shape index (κ3) is 2.36. The highest BCUT2D eigenvalue weighted by molar-refractivity contribution is 5.22. The molecule has 0 bridgehead atoms. The number of nitrogens with two attached hydrogens (primary N) is 1. The normalized spacial score (nSPS) is 14.5. The molecule has 4 nitrogen and oxygen atoms in total. The lowest BCUT2D eigenvalue weighted by atomic mass is 9.92. The Kier molecular flexibility index (Phi) is 3.54. The van der Waals surface area contributed by atoms with Crippen molar-refractivity contribution in [2.75, 3.05) is 0 Å². The van der Waals surface area contributed by atoms with Crippen molar-refractivity contribution in [3.63, 3.8) is 0 Å². The van der Waals surface area contributed by atoms with Crippen LogP contribution in [0.25, 0.3) is 0 Å². The zero-order valence-electron chi connectivity index (χ0n) is 10.2. The number of aryl methyl sites for hydroxylation is 1. The lowest BCUT2D eigenvalue weighted by molar-refractivity contribution is 0.514. The van der Waals surface area contributed by atoms with E-state index < -0.39 is 0 Å². The number of hydrogen-bond donors (Lipinski definition) is 1. The van der Waals surface area contributed by atoms with Crippen LogP contribution in [-0.4, -0.2) is 15.0 Å². The van der Waals surface area contributed by atoms with Crippen LogP contribution >= 0.6 is 0 Å². The summed E-state index contributed by atoms with van der Waals surface area (Å²) in [4.78, 5) is 0. The molecule has 2 rings (SSSR count). The van der Waals surface area contributed by atoms with Crippen LogP contribution in [0.1, 0.15) is 37.1 Å². The third-order valence-corrected chi connectivity index (χ3v) is 3.15. The van der Waals surface area contributed by atoms with Gasteiger partial charge in [0.1, 0.15) is 0 Å². The highest BCUT2D eigenvalue weighted by Crippen LogP contribution is 2.27. The van der Waals surface area contributed by atoms with Crippen molar-refractivity contribution < 1.29 is 0 Å². The maximum atomic E-state index is 6.29. The summed E-state index contributed by atoms with van der Waals surface area (Å²) in [5, 5.41) is 7.94. The Balaban J connectivity index is 2.23. The number of hydrogen-bond acceptors (Lipinski definition) is 3. The van der Waals surface area contributed by atoms with E-state index in [1.807, 2.05) is 29.8 Å². The molecule has 0 spiro atoms. The van der Waals surface area contributed by atoms with Crippen molar-refractivity contribution in [3.05, 3.63) is 47.8 Å². The topological polar surface area (TPSA) is 56.7 Å². The SMILES string of the molecule is CCn1nncc1C(N)C(C)c1ccccc1. The Labute approximate surface area is 101 Å². The minimum atomic E-state index is -0.0765. The fourth-order valence-corrected chi connectivity index (χ4v) is 1.99. The molecule has 90 valence electrons. The van der Waals surface area contributed by atoms with E-state index in [2.05, 4.69) is 29.4 Å². The van der Waals surface area contributed by atoms with Crippen LogP contribution in [0.5, 0.6) is 0 Å². The predicted octanol–water partition coefficient (Wildman–Crippen LogP) is 2.10. The quantitative estimate of drug-likeness (QED) is 0.875. The van der Waals surface area contributed by atoms with Crippen molar-refractivity contribution >= 4 is 0 Å². The van der Waals surface area contributed by atoms with Crippen LogP contribution in [0, 0.1) is 0 Å². The summed E-state index contributed by atoms with van der Waals surface area (Å²) >= 11 is 0. The number of nitrogens with zero attached hydrogens (tertiary/aromatic N) is 3. The van der Waals surface area contributed by atoms with E-state index in [9.17, 15) is 0 Å². The van der Waals surface area contributed by atoms with Gasteiger partial charge in [-0.15, -0.1) is 5.10 Å². The first-order valence-corrected chi connectivity index (χ1v) is 5.93. The molecule has 0 fully saturated rings. The first-order valence-electron chi connectivity index (χ1n) is 5.93. The molecular weight excluding hydrogens is 212 g/mol. The van der Waals surface area contributed by atoms with Gasteiger partial charge in [0, 0.05) is 12.5 Å². The standard InChI is InChI=1S/C13H18N4/c1-3-17-12(9-15-16-17)13(14)10(2)11-7-5-4-6-8-11/h4-10,13H,3,14H2,1-2H3. The Hall–Kier alpha value is -1.68. The molecule has 0 radical (unpaired) electrons. The fourth-order valence-electron chi connectivity index (χ4n) is 1.99. The smallest absolute Gasteiger partial charge is 0.0760 e. The lowest BCUT2D eigenvalue weighted by Gasteiger charge is -2.20. The van der Waals surface area contributed by atoms with Crippen molar-refractivity contribution in [1.29, 1.82) is 0 Å². The van der Waals surface area contributed by atoms with Crippen LogP contribution in [0.15, 0.2) is 36.5 Å². The maximum absolute atomic E-state index is 6.29. The Morgan fingerprint density at radius 2 is 2.00 bits per heavy atom. The average molecular weight is 230 g/mol. The second kappa shape index (κ2) is 5.10. The molecule has 0 aliphatic heterocycles. The second-order valence-corrected chi connectivity index (χ2v) is 4.20. The zero-order valence-corrected chi connectivity index (χ0v) is 10.2. The Morgan fingerprint density at radius 1 is 1.29 bits per heavy atom. The predicted molar refractivity (Wildman–Crippen MR) is 67.5 cm³/mol. The second-order valence-electron chi connectivity index (χ2n) is 4.20. The van der Waals surface area contributed by atoms with Gasteiger partial charge in [-0.1, -0.05) is 42.5 Å². The Bertz CT molecular complexity index is 463. The van der Waals surface area contributed by atoms with Gasteiger partial charge < -0.3 is 5.73 Å². The van der Waals surface area contributed by atoms with E-state index in [1.54, 1.807) is 6.20 Å². The van der Waals surface area contributed by atoms with Crippen molar-refractivity contribution in [3.8, 4) is 0 Å². The van der Waals surface area contributed by atoms with Crippen LogP contribution in [0.4, 0.5) is 0 Å². The van der Waals surface area contributed by atoms with Gasteiger partial charge >= 0.3 is 0 Å². The summed E-state index contributed by atoms with van der Waals surface area (Å²) in [5.74, 6) is 0.250. The molecular formula is C13H18N4. The highest BCUT2D eigenvalue weighted by Gasteiger charge is 2.20. The van der Waals surface area contributed by atoms with Gasteiger partial charge in [-0.2, -0.15) is 0 Å². The summed E-state index contributed by atoms with van der Waals surface area (Å²) < 4.78 is 1.85. The summed E-state index contributed by atoms with van der Waals surface area (Å²) in [6, 6.07) is 10.2. The van der Waals surface area contributed by atoms with E-state index in [-0.39, 0.29) is 12.0 Å². The van der Waals surface area contributed by atoms with E-state index >= 15 is 0 Å². The molecule has 17 heavy (non-hydrogen) atoms. The van der Waals surface area contributed by atoms with Crippen LogP contribution in [0.3, 0.4) is 0 Å². The van der Waals surface area contributed by atoms with Gasteiger partial charge in [-0.3, -0.25) is 0 Å². The summed E-state index contributed by atoms with van der Waals surface area (Å²) in [5.41, 5.74) is 8.52. The van der Waals surface area contributed by atoms with Crippen LogP contribution in [-0.2, 0) is 6.54 Å². The molecule has 4 heteroatoms. The van der Waals surface area contributed by atoms with Gasteiger partial charge in [-0.25, -0.2) is 4.68 Å². The lowest BCUT2D eigenvalue weighted by Crippen LogP contribution is -2.21. The summed E-state index contributed by atoms with van der Waals surface area (Å²) in [7, 11) is 0. The number of rotatable bonds is 4. The molecule has 2 aromatic rings. The molecule has 1 aromatic heterocycles. The van der Waals surface area contributed by atoms with Crippen molar-refractivity contribution in [2.45, 2.75) is 32.4 Å². The molecule has 0 aliphatic carbocycles. The molecule has 1 aromatic carbocycles. The molecule has 0 saturated heterocycles. The van der Waals surface area contributed by atoms with Gasteiger partial charge in [0.05, 0.1) is 17.9 Å². The van der Waals surface area contributed by atoms with Crippen molar-refractivity contribution in [2.24, 2.45) is 5.73 Å².